The highest BCUT2D eigenvalue weighted by Gasteiger charge is 2.46. The van der Waals surface area contributed by atoms with Gasteiger partial charge in [-0.05, 0) is 295 Å². The second-order valence-electron chi connectivity index (χ2n) is 47.2. The fourth-order valence-electron chi connectivity index (χ4n) is 21.5. The summed E-state index contributed by atoms with van der Waals surface area (Å²) in [5.41, 5.74) is 4.47. The van der Waals surface area contributed by atoms with Gasteiger partial charge in [0.05, 0.1) is 0 Å². The molecule has 13 atom stereocenters. The van der Waals surface area contributed by atoms with Crippen molar-refractivity contribution in [1.82, 2.24) is 0 Å². The summed E-state index contributed by atoms with van der Waals surface area (Å²) in [5, 5.41) is 0. The first-order chi connectivity index (χ1) is 47.3. The van der Waals surface area contributed by atoms with Crippen LogP contribution in [0, 0.1) is 186 Å². The summed E-state index contributed by atoms with van der Waals surface area (Å²) in [5.74, 6) is 24.9. The predicted molar refractivity (Wildman–Crippen MR) is 552 cm³/mol. The van der Waals surface area contributed by atoms with E-state index in [9.17, 15) is 0 Å². The minimum absolute atomic E-state index is 0. The quantitative estimate of drug-likeness (QED) is 0.264. The Morgan fingerprint density at radius 2 is 0.652 bits per heavy atom. The van der Waals surface area contributed by atoms with Gasteiger partial charge in [-0.25, -0.2) is 0 Å². The number of rotatable bonds is 3. The minimum atomic E-state index is 0. The largest absolute Gasteiger partial charge is 0.0776 e. The van der Waals surface area contributed by atoms with Crippen LogP contribution >= 0.6 is 0 Å². The number of fused-ring (bicyclic) bond motifs is 2. The monoisotopic (exact) mass is 1630 g/mol. The second kappa shape index (κ2) is 63.8. The molecule has 0 N–H and O–H groups in total. The Labute approximate surface area is 744 Å². The Bertz CT molecular complexity index is 2030. The zero-order chi connectivity index (χ0) is 79.0. The normalized spacial score (nSPS) is 34.6. The first-order valence-corrected chi connectivity index (χ1v) is 47.3. The Kier molecular flexibility index (Phi) is 76.7. The average Bonchev–Trinajstić information content (AvgIpc) is 1.62. The number of hydrogen-bond donors (Lipinski definition) is 0. The van der Waals surface area contributed by atoms with E-state index in [0.29, 0.717) is 32.5 Å². The summed E-state index contributed by atoms with van der Waals surface area (Å²) in [7, 11) is 0. The van der Waals surface area contributed by atoms with E-state index < -0.39 is 0 Å². The molecule has 13 aliphatic rings. The zero-order valence-corrected chi connectivity index (χ0v) is 79.0. The van der Waals surface area contributed by atoms with Crippen LogP contribution in [-0.4, -0.2) is 0 Å². The molecule has 0 amide bonds. The Balaban J connectivity index is -0.000000113. The standard InChI is InChI=1S/C11H22.C9H16.3C9H18.7C8H16.12CH4/c1-9-10(2,3)7-6-8-11(9,4)5;1-7-5-8-3-4-9(7,2)6-8;1-8-4-6-9(2,3)7-5-8;1-8-6-4-5-7-9(8,2)3;1-7-5-4-6-8(2)9(7)3;1-6-4-7(2)8(3)5-6;1-6(2)8-4-7(3)5-8;1-7-4-5-8(2,3)6-7;1-8(2,3)7-5-4-6-7;1-6-4-5-7(2)8(6)3;1-5-6(2)8(4)7(5)3;1-3-7(2)8-5-4-6-8;;;;;;;;;;;;/h9H,6-8H2,1-5H3;7-8H,3-6H2,1-2H3;2*8H,4-7H2,1-3H3;7-9H,4-6H2,1-3H3;2*6-8H,4-5H2,1-3H3;2*7H,4-6H2,1-3H3;6-8H,4-5H2,1-3H3;5-8H,1-4H3;7-8H,3-6H2,1-2H3;12*1H4/t;7-,8?,9?;;8-;;6?,7-,8?;;;;;;;;;;;;;;;;;;/m.0.1.0................../s1. The molecule has 13 aliphatic carbocycles. The van der Waals surface area contributed by atoms with Crippen molar-refractivity contribution >= 4 is 0 Å². The first-order valence-electron chi connectivity index (χ1n) is 47.3. The molecule has 0 spiro atoms. The van der Waals surface area contributed by atoms with E-state index in [1.807, 2.05) is 0 Å². The molecule has 0 saturated heterocycles. The van der Waals surface area contributed by atoms with Crippen LogP contribution in [0.3, 0.4) is 0 Å². The molecule has 10 unspecified atom stereocenters. The molecule has 0 radical (unpaired) electrons. The highest BCUT2D eigenvalue weighted by molar-refractivity contribution is 4.97. The van der Waals surface area contributed by atoms with E-state index in [2.05, 4.69) is 256 Å². The van der Waals surface area contributed by atoms with Gasteiger partial charge >= 0.3 is 0 Å². The molecule has 13 saturated carbocycles. The Morgan fingerprint density at radius 1 is 0.287 bits per heavy atom. The summed E-state index contributed by atoms with van der Waals surface area (Å²) < 4.78 is 0. The lowest BCUT2D eigenvalue weighted by Gasteiger charge is -2.47. The zero-order valence-electron chi connectivity index (χ0n) is 79.0. The molecule has 712 valence electrons. The van der Waals surface area contributed by atoms with Crippen LogP contribution in [0.4, 0.5) is 0 Å². The maximum absolute atomic E-state index is 2.48. The van der Waals surface area contributed by atoms with E-state index in [0.717, 1.165) is 153 Å². The molecule has 0 nitrogen and oxygen atoms in total. The van der Waals surface area contributed by atoms with Crippen LogP contribution in [0.25, 0.3) is 0 Å². The van der Waals surface area contributed by atoms with Crippen LogP contribution < -0.4 is 0 Å². The summed E-state index contributed by atoms with van der Waals surface area (Å²) >= 11 is 0. The topological polar surface area (TPSA) is 0 Å². The number of hydrogen-bond acceptors (Lipinski definition) is 0. The van der Waals surface area contributed by atoms with Crippen molar-refractivity contribution in [3.63, 3.8) is 0 Å². The maximum Gasteiger partial charge on any atom is -0.0297 e. The second-order valence-corrected chi connectivity index (χ2v) is 47.2. The first kappa shape index (κ1) is 138. The third-order valence-electron chi connectivity index (χ3n) is 34.7. The molecule has 2 bridgehead atoms. The molecule has 0 heterocycles. The van der Waals surface area contributed by atoms with Crippen molar-refractivity contribution in [3.05, 3.63) is 0 Å². The predicted octanol–water partition coefficient (Wildman–Crippen LogP) is 43.0. The highest BCUT2D eigenvalue weighted by atomic mass is 14.5. The summed E-state index contributed by atoms with van der Waals surface area (Å²) in [6, 6.07) is 0. The molecule has 0 aliphatic heterocycles. The minimum Gasteiger partial charge on any atom is -0.0776 e. The molecular formula is C115H252. The van der Waals surface area contributed by atoms with E-state index in [4.69, 9.17) is 0 Å². The van der Waals surface area contributed by atoms with Crippen LogP contribution in [-0.2, 0) is 0 Å². The third kappa shape index (κ3) is 50.1. The molecule has 0 aromatic rings. The van der Waals surface area contributed by atoms with E-state index in [1.54, 1.807) is 0 Å². The van der Waals surface area contributed by atoms with Crippen LogP contribution in [0.1, 0.15) is 564 Å². The van der Waals surface area contributed by atoms with Crippen molar-refractivity contribution in [3.8, 4) is 0 Å². The van der Waals surface area contributed by atoms with Crippen molar-refractivity contribution in [2.24, 2.45) is 186 Å². The average molecular weight is 1640 g/mol. The molecule has 115 heavy (non-hydrogen) atoms. The highest BCUT2D eigenvalue weighted by Crippen LogP contribution is 2.57. The smallest absolute Gasteiger partial charge is 0.0297 e. The van der Waals surface area contributed by atoms with Gasteiger partial charge in [0.25, 0.3) is 0 Å². The van der Waals surface area contributed by atoms with Gasteiger partial charge in [-0.15, -0.1) is 0 Å². The van der Waals surface area contributed by atoms with E-state index in [-0.39, 0.29) is 89.1 Å². The lowest BCUT2D eigenvalue weighted by Crippen LogP contribution is -2.39. The Hall–Kier alpha value is 0. The summed E-state index contributed by atoms with van der Waals surface area (Å²) in [4.78, 5) is 0. The molecule has 0 aromatic carbocycles. The van der Waals surface area contributed by atoms with Crippen molar-refractivity contribution in [2.45, 2.75) is 564 Å². The van der Waals surface area contributed by atoms with Gasteiger partial charge < -0.3 is 0 Å². The van der Waals surface area contributed by atoms with Crippen molar-refractivity contribution in [1.29, 1.82) is 0 Å². The van der Waals surface area contributed by atoms with Gasteiger partial charge in [0.1, 0.15) is 0 Å². The van der Waals surface area contributed by atoms with E-state index in [1.165, 1.54) is 218 Å². The van der Waals surface area contributed by atoms with E-state index >= 15 is 0 Å². The van der Waals surface area contributed by atoms with Gasteiger partial charge in [0.2, 0.25) is 0 Å². The summed E-state index contributed by atoms with van der Waals surface area (Å²) in [6.45, 7) is 87.9. The van der Waals surface area contributed by atoms with Crippen LogP contribution in [0.5, 0.6) is 0 Å². The Morgan fingerprint density at radius 3 is 0.826 bits per heavy atom. The maximum atomic E-state index is 2.48. The van der Waals surface area contributed by atoms with Crippen molar-refractivity contribution < 1.29 is 0 Å². The molecule has 0 heteroatoms. The molecular weight excluding hydrogens is 1380 g/mol. The lowest BCUT2D eigenvalue weighted by atomic mass is 9.58. The van der Waals surface area contributed by atoms with Gasteiger partial charge in [0, 0.05) is 0 Å². The van der Waals surface area contributed by atoms with Gasteiger partial charge in [-0.1, -0.05) is 454 Å². The molecule has 0 aromatic heterocycles. The van der Waals surface area contributed by atoms with Crippen molar-refractivity contribution in [2.75, 3.05) is 0 Å². The van der Waals surface area contributed by atoms with Gasteiger partial charge in [-0.3, -0.25) is 0 Å². The lowest BCUT2D eigenvalue weighted by molar-refractivity contribution is 0.0286. The molecule has 13 rings (SSSR count). The summed E-state index contributed by atoms with van der Waals surface area (Å²) in [6.07, 6.45) is 49.8. The fraction of sp³-hybridized carbons (Fsp3) is 1.00. The SMILES string of the molecule is C.C.C.C.C.C.C.C.C.C.C.C.CC(C)(C)C1CCC1.CC1C(C)(C)CCCC1(C)C.CC1C(C)C(C)C1C.CC1CC(C(C)C)C1.CC1CC(C)[C@@H](C)C1.CC1CCC(C)(C)C1.CC1CCC(C)(C)CC1.CC1CCC(C)C1C.CC1CCCC(C)C1C.CCC(C)C1CCC1.C[C@@H]1CCCCC1(C)C.C[C@H]1CC2CCC1(C)C2. The fourth-order valence-corrected chi connectivity index (χ4v) is 21.5. The van der Waals surface area contributed by atoms with Crippen LogP contribution in [0.15, 0.2) is 0 Å². The van der Waals surface area contributed by atoms with Gasteiger partial charge in [-0.2, -0.15) is 0 Å². The third-order valence-corrected chi connectivity index (χ3v) is 34.7. The molecule has 13 fully saturated rings. The van der Waals surface area contributed by atoms with Crippen LogP contribution in [0.2, 0.25) is 0 Å². The van der Waals surface area contributed by atoms with Gasteiger partial charge in [0.15, 0.2) is 0 Å².